The van der Waals surface area contributed by atoms with Crippen LogP contribution in [0.25, 0.3) is 0 Å². The number of urea groups is 1. The Balaban J connectivity index is 1.41. The van der Waals surface area contributed by atoms with Crippen molar-refractivity contribution in [3.8, 4) is 5.75 Å². The number of nitrogens with one attached hydrogen (secondary N) is 1. The molecule has 1 aliphatic rings. The number of carbonyl (C=O) groups is 1. The summed E-state index contributed by atoms with van der Waals surface area (Å²) in [6, 6.07) is 15.2. The lowest BCUT2D eigenvalue weighted by atomic mass is 10.3. The van der Waals surface area contributed by atoms with Gasteiger partial charge in [0.1, 0.15) is 11.6 Å². The van der Waals surface area contributed by atoms with Gasteiger partial charge in [0.15, 0.2) is 6.73 Å². The average molecular weight is 312 g/mol. The summed E-state index contributed by atoms with van der Waals surface area (Å²) in [5.74, 6) is 1.70. The molecule has 2 aromatic rings. The van der Waals surface area contributed by atoms with Gasteiger partial charge >= 0.3 is 6.03 Å². The monoisotopic (exact) mass is 312 g/mol. The fourth-order valence-corrected chi connectivity index (χ4v) is 2.49. The largest absolute Gasteiger partial charge is 0.473 e. The first-order valence-corrected chi connectivity index (χ1v) is 7.69. The number of ether oxygens (including phenoxy) is 1. The normalized spacial score (nSPS) is 14.4. The molecule has 2 amide bonds. The van der Waals surface area contributed by atoms with Gasteiger partial charge in [-0.1, -0.05) is 24.3 Å². The minimum atomic E-state index is -0.0957. The smallest absolute Gasteiger partial charge is 0.320 e. The van der Waals surface area contributed by atoms with E-state index in [0.717, 1.165) is 24.7 Å². The molecule has 3 rings (SSSR count). The zero-order valence-corrected chi connectivity index (χ0v) is 12.9. The van der Waals surface area contributed by atoms with E-state index in [-0.39, 0.29) is 12.8 Å². The van der Waals surface area contributed by atoms with E-state index in [1.54, 1.807) is 11.1 Å². The third-order valence-electron chi connectivity index (χ3n) is 3.75. The van der Waals surface area contributed by atoms with Crippen LogP contribution in [0.3, 0.4) is 0 Å². The third-order valence-corrected chi connectivity index (χ3v) is 3.75. The van der Waals surface area contributed by atoms with Gasteiger partial charge in [-0.15, -0.1) is 0 Å². The van der Waals surface area contributed by atoms with Gasteiger partial charge in [0.05, 0.1) is 0 Å². The van der Waals surface area contributed by atoms with Crippen LogP contribution in [0.4, 0.5) is 10.6 Å². The molecular formula is C17H20N4O2. The Kier molecular flexibility index (Phi) is 4.93. The fraction of sp³-hybridized carbons (Fsp3) is 0.294. The maximum atomic E-state index is 12.1. The molecule has 6 nitrogen and oxygen atoms in total. The quantitative estimate of drug-likeness (QED) is 0.877. The number of hydrogen-bond donors (Lipinski definition) is 1. The number of amides is 2. The molecule has 23 heavy (non-hydrogen) atoms. The van der Waals surface area contributed by atoms with Crippen LogP contribution in [0.2, 0.25) is 0 Å². The Labute approximate surface area is 135 Å². The summed E-state index contributed by atoms with van der Waals surface area (Å²) in [5, 5.41) is 2.79. The van der Waals surface area contributed by atoms with E-state index in [0.29, 0.717) is 13.1 Å². The number of benzene rings is 1. The number of nitrogens with zero attached hydrogens (tertiary/aromatic N) is 3. The molecule has 0 unspecified atom stereocenters. The first kappa shape index (κ1) is 15.1. The van der Waals surface area contributed by atoms with E-state index in [9.17, 15) is 4.79 Å². The Bertz CT molecular complexity index is 613. The minimum Gasteiger partial charge on any atom is -0.473 e. The molecule has 0 aliphatic carbocycles. The van der Waals surface area contributed by atoms with Crippen LogP contribution in [0.15, 0.2) is 54.7 Å². The average Bonchev–Trinajstić information content (AvgIpc) is 2.63. The maximum absolute atomic E-state index is 12.1. The van der Waals surface area contributed by atoms with E-state index in [2.05, 4.69) is 15.2 Å². The maximum Gasteiger partial charge on any atom is 0.320 e. The first-order chi connectivity index (χ1) is 11.3. The second-order valence-corrected chi connectivity index (χ2v) is 5.25. The number of rotatable bonds is 4. The van der Waals surface area contributed by atoms with Crippen LogP contribution < -0.4 is 15.0 Å². The van der Waals surface area contributed by atoms with Gasteiger partial charge in [-0.25, -0.2) is 9.78 Å². The zero-order chi connectivity index (χ0) is 15.9. The molecule has 0 bridgehead atoms. The van der Waals surface area contributed by atoms with Gasteiger partial charge in [-0.3, -0.25) is 0 Å². The van der Waals surface area contributed by atoms with E-state index in [1.807, 2.05) is 48.5 Å². The second kappa shape index (κ2) is 7.49. The lowest BCUT2D eigenvalue weighted by Gasteiger charge is -2.35. The summed E-state index contributed by atoms with van der Waals surface area (Å²) < 4.78 is 5.48. The second-order valence-electron chi connectivity index (χ2n) is 5.25. The summed E-state index contributed by atoms with van der Waals surface area (Å²) >= 11 is 0. The molecular weight excluding hydrogens is 292 g/mol. The van der Waals surface area contributed by atoms with Gasteiger partial charge in [0.2, 0.25) is 0 Å². The SMILES string of the molecule is O=C(NCOc1ccccc1)N1CCN(c2ccccn2)CC1. The first-order valence-electron chi connectivity index (χ1n) is 7.69. The molecule has 1 saturated heterocycles. The van der Waals surface area contributed by atoms with Crippen molar-refractivity contribution in [1.82, 2.24) is 15.2 Å². The zero-order valence-electron chi connectivity index (χ0n) is 12.9. The van der Waals surface area contributed by atoms with Crippen LogP contribution in [-0.4, -0.2) is 48.8 Å². The van der Waals surface area contributed by atoms with Gasteiger partial charge in [0.25, 0.3) is 0 Å². The number of anilines is 1. The van der Waals surface area contributed by atoms with E-state index < -0.39 is 0 Å². The molecule has 0 radical (unpaired) electrons. The predicted molar refractivity (Wildman–Crippen MR) is 88.5 cm³/mol. The van der Waals surface area contributed by atoms with Crippen molar-refractivity contribution < 1.29 is 9.53 Å². The molecule has 6 heteroatoms. The van der Waals surface area contributed by atoms with Gasteiger partial charge < -0.3 is 19.9 Å². The van der Waals surface area contributed by atoms with Gasteiger partial charge in [-0.2, -0.15) is 0 Å². The van der Waals surface area contributed by atoms with Crippen molar-refractivity contribution in [2.24, 2.45) is 0 Å². The van der Waals surface area contributed by atoms with E-state index in [4.69, 9.17) is 4.74 Å². The topological polar surface area (TPSA) is 57.7 Å². The number of para-hydroxylation sites is 1. The highest BCUT2D eigenvalue weighted by molar-refractivity contribution is 5.74. The number of pyridine rings is 1. The van der Waals surface area contributed by atoms with Crippen LogP contribution in [-0.2, 0) is 0 Å². The van der Waals surface area contributed by atoms with Crippen molar-refractivity contribution in [2.75, 3.05) is 37.8 Å². The predicted octanol–water partition coefficient (Wildman–Crippen LogP) is 1.95. The molecule has 1 aliphatic heterocycles. The molecule has 1 aromatic heterocycles. The van der Waals surface area contributed by atoms with Crippen LogP contribution >= 0.6 is 0 Å². The Hall–Kier alpha value is -2.76. The number of piperazine rings is 1. The lowest BCUT2D eigenvalue weighted by Crippen LogP contribution is -2.52. The Morgan fingerprint density at radius 1 is 1.04 bits per heavy atom. The third kappa shape index (κ3) is 4.12. The summed E-state index contributed by atoms with van der Waals surface area (Å²) in [7, 11) is 0. The summed E-state index contributed by atoms with van der Waals surface area (Å²) in [6.07, 6.45) is 1.79. The van der Waals surface area contributed by atoms with Crippen molar-refractivity contribution in [2.45, 2.75) is 0 Å². The number of hydrogen-bond acceptors (Lipinski definition) is 4. The molecule has 0 atom stereocenters. The van der Waals surface area contributed by atoms with E-state index >= 15 is 0 Å². The minimum absolute atomic E-state index is 0.0957. The van der Waals surface area contributed by atoms with Crippen molar-refractivity contribution in [3.05, 3.63) is 54.7 Å². The highest BCUT2D eigenvalue weighted by Gasteiger charge is 2.21. The standard InChI is InChI=1S/C17H20N4O2/c22-17(19-14-23-15-6-2-1-3-7-15)21-12-10-20(11-13-21)16-8-4-5-9-18-16/h1-9H,10-14H2,(H,19,22). The summed E-state index contributed by atoms with van der Waals surface area (Å²) in [4.78, 5) is 20.5. The number of carbonyl (C=O) groups excluding carboxylic acids is 1. The molecule has 1 N–H and O–H groups in total. The molecule has 120 valence electrons. The van der Waals surface area contributed by atoms with Crippen LogP contribution in [0, 0.1) is 0 Å². The van der Waals surface area contributed by atoms with Gasteiger partial charge in [-0.05, 0) is 24.3 Å². The molecule has 1 aromatic carbocycles. The highest BCUT2D eigenvalue weighted by atomic mass is 16.5. The van der Waals surface area contributed by atoms with Crippen LogP contribution in [0.5, 0.6) is 5.75 Å². The highest BCUT2D eigenvalue weighted by Crippen LogP contribution is 2.12. The molecule has 0 saturated carbocycles. The van der Waals surface area contributed by atoms with Crippen molar-refractivity contribution >= 4 is 11.8 Å². The molecule has 1 fully saturated rings. The Morgan fingerprint density at radius 2 is 1.78 bits per heavy atom. The van der Waals surface area contributed by atoms with E-state index in [1.165, 1.54) is 0 Å². The van der Waals surface area contributed by atoms with Crippen LogP contribution in [0.1, 0.15) is 0 Å². The van der Waals surface area contributed by atoms with Crippen molar-refractivity contribution in [1.29, 1.82) is 0 Å². The molecule has 0 spiro atoms. The lowest BCUT2D eigenvalue weighted by molar-refractivity contribution is 0.181. The molecule has 2 heterocycles. The summed E-state index contributed by atoms with van der Waals surface area (Å²) in [5.41, 5.74) is 0. The Morgan fingerprint density at radius 3 is 2.48 bits per heavy atom. The van der Waals surface area contributed by atoms with Gasteiger partial charge in [0, 0.05) is 32.4 Å². The number of aromatic nitrogens is 1. The fourth-order valence-electron chi connectivity index (χ4n) is 2.49. The summed E-state index contributed by atoms with van der Waals surface area (Å²) in [6.45, 7) is 3.08. The van der Waals surface area contributed by atoms with Crippen molar-refractivity contribution in [3.63, 3.8) is 0 Å².